The lowest BCUT2D eigenvalue weighted by atomic mass is 10.1. The Morgan fingerprint density at radius 2 is 2.05 bits per heavy atom. The van der Waals surface area contributed by atoms with Crippen LogP contribution in [0.4, 0.5) is 0 Å². The van der Waals surface area contributed by atoms with E-state index in [-0.39, 0.29) is 0 Å². The molecule has 1 unspecified atom stereocenters. The molecule has 19 heavy (non-hydrogen) atoms. The molecular weight excluding hydrogens is 324 g/mol. The molecule has 0 aliphatic heterocycles. The Morgan fingerprint density at radius 3 is 2.63 bits per heavy atom. The zero-order valence-corrected chi connectivity index (χ0v) is 13.6. The lowest BCUT2D eigenvalue weighted by Crippen LogP contribution is -2.00. The standard InChI is InChI=1S/C15H17BrO2S/c1-9-6-15(19-10(9)2)14(17)8-11-7-12(18-3)4-5-13(11)16/h4-7,14,17H,8H2,1-3H3. The van der Waals surface area contributed by atoms with Crippen LogP contribution in [0.5, 0.6) is 5.75 Å². The van der Waals surface area contributed by atoms with Crippen LogP contribution in [0.15, 0.2) is 28.7 Å². The predicted octanol–water partition coefficient (Wildman–Crippen LogP) is 4.41. The number of halogens is 1. The minimum atomic E-state index is -0.471. The quantitative estimate of drug-likeness (QED) is 0.892. The van der Waals surface area contributed by atoms with Gasteiger partial charge in [0, 0.05) is 20.6 Å². The van der Waals surface area contributed by atoms with Crippen molar-refractivity contribution in [2.24, 2.45) is 0 Å². The summed E-state index contributed by atoms with van der Waals surface area (Å²) in [4.78, 5) is 2.28. The largest absolute Gasteiger partial charge is 0.497 e. The third-order valence-corrected chi connectivity index (χ3v) is 5.21. The summed E-state index contributed by atoms with van der Waals surface area (Å²) < 4.78 is 6.22. The molecular formula is C15H17BrO2S. The van der Waals surface area contributed by atoms with E-state index in [2.05, 4.69) is 35.8 Å². The van der Waals surface area contributed by atoms with E-state index in [4.69, 9.17) is 4.74 Å². The summed E-state index contributed by atoms with van der Waals surface area (Å²) in [6.45, 7) is 4.15. The molecule has 0 saturated heterocycles. The fourth-order valence-electron chi connectivity index (χ4n) is 1.91. The summed E-state index contributed by atoms with van der Waals surface area (Å²) in [6.07, 6.45) is 0.109. The molecule has 0 radical (unpaired) electrons. The second kappa shape index (κ2) is 6.07. The van der Waals surface area contributed by atoms with Crippen LogP contribution in [0.25, 0.3) is 0 Å². The van der Waals surface area contributed by atoms with Crippen LogP contribution in [0.2, 0.25) is 0 Å². The van der Waals surface area contributed by atoms with Crippen LogP contribution in [-0.2, 0) is 6.42 Å². The maximum atomic E-state index is 10.3. The van der Waals surface area contributed by atoms with Crippen LogP contribution in [0.1, 0.15) is 27.0 Å². The van der Waals surface area contributed by atoms with Gasteiger partial charge in [-0.15, -0.1) is 11.3 Å². The topological polar surface area (TPSA) is 29.5 Å². The molecule has 2 aromatic rings. The Kier molecular flexibility index (Phi) is 4.66. The van der Waals surface area contributed by atoms with Crippen LogP contribution in [0.3, 0.4) is 0 Å². The molecule has 0 aliphatic carbocycles. The van der Waals surface area contributed by atoms with Crippen LogP contribution in [-0.4, -0.2) is 12.2 Å². The summed E-state index contributed by atoms with van der Waals surface area (Å²) in [5, 5.41) is 10.3. The first-order chi connectivity index (χ1) is 9.01. The van der Waals surface area contributed by atoms with Gasteiger partial charge in [-0.2, -0.15) is 0 Å². The number of aliphatic hydroxyl groups is 1. The fourth-order valence-corrected chi connectivity index (χ4v) is 3.35. The number of rotatable bonds is 4. The average molecular weight is 341 g/mol. The van der Waals surface area contributed by atoms with Crippen molar-refractivity contribution in [3.8, 4) is 5.75 Å². The number of thiophene rings is 1. The third-order valence-electron chi connectivity index (χ3n) is 3.18. The summed E-state index contributed by atoms with van der Waals surface area (Å²) in [5.41, 5.74) is 2.29. The summed E-state index contributed by atoms with van der Waals surface area (Å²) in [7, 11) is 1.65. The molecule has 2 nitrogen and oxygen atoms in total. The minimum absolute atomic E-state index is 0.471. The number of aryl methyl sites for hydroxylation is 2. The normalized spacial score (nSPS) is 12.5. The minimum Gasteiger partial charge on any atom is -0.497 e. The highest BCUT2D eigenvalue weighted by Crippen LogP contribution is 2.31. The van der Waals surface area contributed by atoms with Gasteiger partial charge in [-0.1, -0.05) is 15.9 Å². The van der Waals surface area contributed by atoms with Crippen molar-refractivity contribution < 1.29 is 9.84 Å². The van der Waals surface area contributed by atoms with Crippen molar-refractivity contribution in [3.63, 3.8) is 0 Å². The van der Waals surface area contributed by atoms with E-state index in [1.807, 2.05) is 18.2 Å². The first-order valence-corrected chi connectivity index (χ1v) is 7.69. The number of benzene rings is 1. The van der Waals surface area contributed by atoms with E-state index in [0.29, 0.717) is 6.42 Å². The molecule has 0 aliphatic rings. The van der Waals surface area contributed by atoms with Crippen molar-refractivity contribution in [2.75, 3.05) is 7.11 Å². The molecule has 4 heteroatoms. The highest BCUT2D eigenvalue weighted by molar-refractivity contribution is 9.10. The van der Waals surface area contributed by atoms with Crippen LogP contribution < -0.4 is 4.74 Å². The average Bonchev–Trinajstić information content (AvgIpc) is 2.72. The van der Waals surface area contributed by atoms with Gasteiger partial charge in [0.25, 0.3) is 0 Å². The van der Waals surface area contributed by atoms with Gasteiger partial charge in [-0.25, -0.2) is 0 Å². The Labute approximate surface area is 126 Å². The number of aliphatic hydroxyl groups excluding tert-OH is 1. The maximum Gasteiger partial charge on any atom is 0.119 e. The maximum absolute atomic E-state index is 10.3. The van der Waals surface area contributed by atoms with E-state index < -0.39 is 6.10 Å². The van der Waals surface area contributed by atoms with E-state index in [0.717, 1.165) is 20.7 Å². The Bertz CT molecular complexity index is 558. The van der Waals surface area contributed by atoms with Gasteiger partial charge in [-0.05, 0) is 49.2 Å². The zero-order chi connectivity index (χ0) is 14.0. The Morgan fingerprint density at radius 1 is 1.32 bits per heavy atom. The van der Waals surface area contributed by atoms with Crippen molar-refractivity contribution in [3.05, 3.63) is 49.6 Å². The molecule has 1 heterocycles. The van der Waals surface area contributed by atoms with Gasteiger partial charge >= 0.3 is 0 Å². The molecule has 0 saturated carbocycles. The first kappa shape index (κ1) is 14.6. The zero-order valence-electron chi connectivity index (χ0n) is 11.2. The van der Waals surface area contributed by atoms with E-state index in [1.54, 1.807) is 18.4 Å². The molecule has 0 spiro atoms. The van der Waals surface area contributed by atoms with Gasteiger partial charge < -0.3 is 9.84 Å². The summed E-state index contributed by atoms with van der Waals surface area (Å²) >= 11 is 5.18. The van der Waals surface area contributed by atoms with Crippen molar-refractivity contribution in [1.82, 2.24) is 0 Å². The Hall–Kier alpha value is -0.840. The molecule has 0 fully saturated rings. The summed E-state index contributed by atoms with van der Waals surface area (Å²) in [6, 6.07) is 7.88. The highest BCUT2D eigenvalue weighted by Gasteiger charge is 2.14. The lowest BCUT2D eigenvalue weighted by Gasteiger charge is -2.11. The van der Waals surface area contributed by atoms with Gasteiger partial charge in [0.05, 0.1) is 13.2 Å². The Balaban J connectivity index is 2.20. The molecule has 102 valence electrons. The number of hydrogen-bond donors (Lipinski definition) is 1. The van der Waals surface area contributed by atoms with Gasteiger partial charge in [0.1, 0.15) is 5.75 Å². The molecule has 1 aromatic carbocycles. The fraction of sp³-hybridized carbons (Fsp3) is 0.333. The third kappa shape index (κ3) is 3.38. The number of methoxy groups -OCH3 is 1. The second-order valence-electron chi connectivity index (χ2n) is 4.57. The van der Waals surface area contributed by atoms with Gasteiger partial charge in [0.15, 0.2) is 0 Å². The number of ether oxygens (including phenoxy) is 1. The van der Waals surface area contributed by atoms with Crippen molar-refractivity contribution in [2.45, 2.75) is 26.4 Å². The monoisotopic (exact) mass is 340 g/mol. The van der Waals surface area contributed by atoms with E-state index >= 15 is 0 Å². The molecule has 0 amide bonds. The van der Waals surface area contributed by atoms with Crippen molar-refractivity contribution >= 4 is 27.3 Å². The van der Waals surface area contributed by atoms with Crippen LogP contribution >= 0.6 is 27.3 Å². The highest BCUT2D eigenvalue weighted by atomic mass is 79.9. The van der Waals surface area contributed by atoms with Gasteiger partial charge in [0.2, 0.25) is 0 Å². The van der Waals surface area contributed by atoms with Crippen LogP contribution in [0, 0.1) is 13.8 Å². The summed E-state index contributed by atoms with van der Waals surface area (Å²) in [5.74, 6) is 0.809. The molecule has 0 bridgehead atoms. The predicted molar refractivity (Wildman–Crippen MR) is 83.2 cm³/mol. The molecule has 1 atom stereocenters. The lowest BCUT2D eigenvalue weighted by molar-refractivity contribution is 0.182. The molecule has 2 rings (SSSR count). The van der Waals surface area contributed by atoms with E-state index in [9.17, 15) is 5.11 Å². The molecule has 1 aromatic heterocycles. The van der Waals surface area contributed by atoms with Gasteiger partial charge in [-0.3, -0.25) is 0 Å². The first-order valence-electron chi connectivity index (χ1n) is 6.08. The smallest absolute Gasteiger partial charge is 0.119 e. The van der Waals surface area contributed by atoms with E-state index in [1.165, 1.54) is 10.4 Å². The second-order valence-corrected chi connectivity index (χ2v) is 6.71. The van der Waals surface area contributed by atoms with Crippen molar-refractivity contribution in [1.29, 1.82) is 0 Å². The SMILES string of the molecule is COc1ccc(Br)c(CC(O)c2cc(C)c(C)s2)c1. The number of hydrogen-bond acceptors (Lipinski definition) is 3. The molecule has 1 N–H and O–H groups in total.